The van der Waals surface area contributed by atoms with E-state index in [0.29, 0.717) is 17.4 Å². The second kappa shape index (κ2) is 9.48. The number of fused-ring (bicyclic) bond motifs is 1. The van der Waals surface area contributed by atoms with E-state index >= 15 is 0 Å². The minimum atomic E-state index is -1.29. The van der Waals surface area contributed by atoms with Gasteiger partial charge in [-0.3, -0.25) is 19.2 Å². The quantitative estimate of drug-likeness (QED) is 0.654. The normalized spacial score (nSPS) is 24.4. The molecule has 2 amide bonds. The average Bonchev–Trinajstić information content (AvgIpc) is 3.25. The molecule has 0 spiro atoms. The molecule has 1 aliphatic carbocycles. The standard InChI is InChI=1S/C25H32N4O5/c1-5-34-23(31)18-14-20-22(30)29(19-8-6-7-9-21(19)33-4)25(3,15-28(20)27-18)24(32)26-17-12-10-16(2)11-13-17/h6-9,14,16-17H,5,10-13,15H2,1-4H3,(H,26,32)/t16?,17?,25-/m1/s1. The van der Waals surface area contributed by atoms with E-state index in [-0.39, 0.29) is 36.5 Å². The molecule has 2 heterocycles. The van der Waals surface area contributed by atoms with Gasteiger partial charge in [-0.15, -0.1) is 0 Å². The number of carbonyl (C=O) groups is 3. The second-order valence-electron chi connectivity index (χ2n) is 9.31. The van der Waals surface area contributed by atoms with E-state index in [1.54, 1.807) is 38.1 Å². The third kappa shape index (κ3) is 4.26. The first-order valence-corrected chi connectivity index (χ1v) is 11.8. The number of carbonyl (C=O) groups excluding carboxylic acids is 3. The second-order valence-corrected chi connectivity index (χ2v) is 9.31. The first kappa shape index (κ1) is 23.8. The molecule has 182 valence electrons. The van der Waals surface area contributed by atoms with Crippen molar-refractivity contribution in [2.24, 2.45) is 5.92 Å². The number of esters is 1. The topological polar surface area (TPSA) is 103 Å². The van der Waals surface area contributed by atoms with Crippen molar-refractivity contribution in [2.45, 2.75) is 64.6 Å². The van der Waals surface area contributed by atoms with Crippen molar-refractivity contribution in [1.29, 1.82) is 0 Å². The molecular weight excluding hydrogens is 436 g/mol. The van der Waals surface area contributed by atoms with Crippen LogP contribution < -0.4 is 15.0 Å². The van der Waals surface area contributed by atoms with Crippen molar-refractivity contribution in [3.05, 3.63) is 41.7 Å². The lowest BCUT2D eigenvalue weighted by Gasteiger charge is -2.44. The highest BCUT2D eigenvalue weighted by atomic mass is 16.5. The summed E-state index contributed by atoms with van der Waals surface area (Å²) in [4.78, 5) is 41.3. The van der Waals surface area contributed by atoms with Crippen molar-refractivity contribution in [3.63, 3.8) is 0 Å². The van der Waals surface area contributed by atoms with Crippen molar-refractivity contribution in [2.75, 3.05) is 18.6 Å². The number of methoxy groups -OCH3 is 1. The molecule has 1 aliphatic heterocycles. The number of hydrogen-bond acceptors (Lipinski definition) is 6. The van der Waals surface area contributed by atoms with Gasteiger partial charge in [0, 0.05) is 12.1 Å². The molecule has 2 aromatic rings. The Kier molecular flexibility index (Phi) is 6.63. The molecule has 1 aromatic carbocycles. The van der Waals surface area contributed by atoms with E-state index in [0.717, 1.165) is 25.7 Å². The first-order chi connectivity index (χ1) is 16.3. The number of hydrogen-bond donors (Lipinski definition) is 1. The highest BCUT2D eigenvalue weighted by molar-refractivity contribution is 6.13. The van der Waals surface area contributed by atoms with Crippen LogP contribution in [0.4, 0.5) is 5.69 Å². The first-order valence-electron chi connectivity index (χ1n) is 11.8. The molecule has 1 aromatic heterocycles. The van der Waals surface area contributed by atoms with Crippen LogP contribution in [0.1, 0.15) is 67.4 Å². The summed E-state index contributed by atoms with van der Waals surface area (Å²) in [5.41, 5.74) is -0.559. The maximum absolute atomic E-state index is 13.8. The Morgan fingerprint density at radius 2 is 1.91 bits per heavy atom. The molecule has 9 heteroatoms. The van der Waals surface area contributed by atoms with Crippen LogP contribution in [0.25, 0.3) is 0 Å². The number of nitrogens with one attached hydrogen (secondary N) is 1. The van der Waals surface area contributed by atoms with Crippen LogP contribution in [-0.4, -0.2) is 52.9 Å². The lowest BCUT2D eigenvalue weighted by Crippen LogP contribution is -2.65. The molecule has 0 bridgehead atoms. The molecule has 0 unspecified atom stereocenters. The van der Waals surface area contributed by atoms with Crippen molar-refractivity contribution < 1.29 is 23.9 Å². The zero-order valence-electron chi connectivity index (χ0n) is 20.2. The summed E-state index contributed by atoms with van der Waals surface area (Å²) >= 11 is 0. The molecule has 9 nitrogen and oxygen atoms in total. The Hall–Kier alpha value is -3.36. The number of nitrogens with zero attached hydrogens (tertiary/aromatic N) is 3. The Morgan fingerprint density at radius 1 is 1.21 bits per heavy atom. The van der Waals surface area contributed by atoms with Gasteiger partial charge in [-0.2, -0.15) is 5.10 Å². The maximum Gasteiger partial charge on any atom is 0.358 e. The van der Waals surface area contributed by atoms with E-state index in [1.165, 1.54) is 22.8 Å². The number of anilines is 1. The van der Waals surface area contributed by atoms with Gasteiger partial charge in [0.25, 0.3) is 5.91 Å². The summed E-state index contributed by atoms with van der Waals surface area (Å²) in [7, 11) is 1.52. The smallest absolute Gasteiger partial charge is 0.358 e. The van der Waals surface area contributed by atoms with Gasteiger partial charge >= 0.3 is 5.97 Å². The van der Waals surface area contributed by atoms with Gasteiger partial charge in [0.2, 0.25) is 5.91 Å². The average molecular weight is 469 g/mol. The van der Waals surface area contributed by atoms with Gasteiger partial charge in [-0.05, 0) is 57.6 Å². The van der Waals surface area contributed by atoms with E-state index in [2.05, 4.69) is 17.3 Å². The fourth-order valence-corrected chi connectivity index (χ4v) is 4.82. The van der Waals surface area contributed by atoms with Gasteiger partial charge in [-0.25, -0.2) is 4.79 Å². The van der Waals surface area contributed by atoms with Crippen LogP contribution in [0.5, 0.6) is 5.75 Å². The molecule has 2 aliphatic rings. The minimum absolute atomic E-state index is 0.0381. The molecule has 0 radical (unpaired) electrons. The van der Waals surface area contributed by atoms with E-state index in [4.69, 9.17) is 9.47 Å². The van der Waals surface area contributed by atoms with Gasteiger partial charge in [-0.1, -0.05) is 19.1 Å². The van der Waals surface area contributed by atoms with Gasteiger partial charge in [0.05, 0.1) is 25.9 Å². The molecule has 1 fully saturated rings. The summed E-state index contributed by atoms with van der Waals surface area (Å²) in [6, 6.07) is 8.58. The van der Waals surface area contributed by atoms with E-state index in [9.17, 15) is 14.4 Å². The number of rotatable bonds is 6. The largest absolute Gasteiger partial charge is 0.495 e. The molecule has 1 atom stereocenters. The molecule has 4 rings (SSSR count). The summed E-state index contributed by atoms with van der Waals surface area (Å²) < 4.78 is 12.0. The molecular formula is C25H32N4O5. The Bertz CT molecular complexity index is 1090. The highest BCUT2D eigenvalue weighted by Gasteiger charge is 2.50. The third-order valence-corrected chi connectivity index (χ3v) is 6.80. The minimum Gasteiger partial charge on any atom is -0.495 e. The third-order valence-electron chi connectivity index (χ3n) is 6.80. The summed E-state index contributed by atoms with van der Waals surface area (Å²) in [5.74, 6) is -0.180. The van der Waals surface area contributed by atoms with Gasteiger partial charge in [0.1, 0.15) is 17.0 Å². The molecule has 1 N–H and O–H groups in total. The lowest BCUT2D eigenvalue weighted by atomic mass is 9.86. The maximum atomic E-state index is 13.8. The van der Waals surface area contributed by atoms with Gasteiger partial charge in [0.15, 0.2) is 5.69 Å². The summed E-state index contributed by atoms with van der Waals surface area (Å²) in [6.07, 6.45) is 3.93. The highest BCUT2D eigenvalue weighted by Crippen LogP contribution is 2.38. The zero-order valence-corrected chi connectivity index (χ0v) is 20.2. The van der Waals surface area contributed by atoms with E-state index < -0.39 is 17.4 Å². The SMILES string of the molecule is CCOC(=O)c1cc2n(n1)C[C@](C)(C(=O)NC1CCC(C)CC1)N(c1ccccc1OC)C2=O. The fraction of sp³-hybridized carbons (Fsp3) is 0.520. The molecule has 1 saturated carbocycles. The van der Waals surface area contributed by atoms with Crippen LogP contribution in [0.2, 0.25) is 0 Å². The predicted octanol–water partition coefficient (Wildman–Crippen LogP) is 3.18. The number of para-hydroxylation sites is 2. The van der Waals surface area contributed by atoms with E-state index in [1.807, 2.05) is 0 Å². The Morgan fingerprint density at radius 3 is 2.59 bits per heavy atom. The number of ether oxygens (including phenoxy) is 2. The summed E-state index contributed by atoms with van der Waals surface area (Å²) in [6.45, 7) is 5.94. The monoisotopic (exact) mass is 468 g/mol. The lowest BCUT2D eigenvalue weighted by molar-refractivity contribution is -0.127. The van der Waals surface area contributed by atoms with Gasteiger partial charge < -0.3 is 14.8 Å². The van der Waals surface area contributed by atoms with Crippen molar-refractivity contribution in [3.8, 4) is 5.75 Å². The Balaban J connectivity index is 1.75. The summed E-state index contributed by atoms with van der Waals surface area (Å²) in [5, 5.41) is 7.49. The van der Waals surface area contributed by atoms with Crippen LogP contribution in [0.15, 0.2) is 30.3 Å². The zero-order chi connectivity index (χ0) is 24.5. The van der Waals surface area contributed by atoms with Crippen LogP contribution in [-0.2, 0) is 16.1 Å². The number of benzene rings is 1. The van der Waals surface area contributed by atoms with Crippen LogP contribution in [0, 0.1) is 5.92 Å². The van der Waals surface area contributed by atoms with Crippen molar-refractivity contribution >= 4 is 23.5 Å². The fourth-order valence-electron chi connectivity index (χ4n) is 4.82. The van der Waals surface area contributed by atoms with Crippen LogP contribution >= 0.6 is 0 Å². The number of aromatic nitrogens is 2. The molecule has 0 saturated heterocycles. The Labute approximate surface area is 199 Å². The molecule has 34 heavy (non-hydrogen) atoms. The van der Waals surface area contributed by atoms with Crippen LogP contribution in [0.3, 0.4) is 0 Å². The number of amides is 2. The van der Waals surface area contributed by atoms with Crippen molar-refractivity contribution in [1.82, 2.24) is 15.1 Å². The predicted molar refractivity (Wildman–Crippen MR) is 126 cm³/mol.